The Balaban J connectivity index is 1.96. The Hall–Kier alpha value is -3.08. The van der Waals surface area contributed by atoms with E-state index in [4.69, 9.17) is 14.3 Å². The van der Waals surface area contributed by atoms with Gasteiger partial charge in [0.2, 0.25) is 5.89 Å². The zero-order valence-electron chi connectivity index (χ0n) is 11.6. The van der Waals surface area contributed by atoms with Crippen LogP contribution in [-0.4, -0.2) is 16.1 Å². The molecule has 110 valence electrons. The van der Waals surface area contributed by atoms with Crippen LogP contribution < -0.4 is 4.74 Å². The van der Waals surface area contributed by atoms with Crippen LogP contribution in [0, 0.1) is 0 Å². The van der Waals surface area contributed by atoms with Crippen LogP contribution in [0.5, 0.6) is 11.7 Å². The van der Waals surface area contributed by atoms with Crippen LogP contribution in [0.4, 0.5) is 0 Å². The van der Waals surface area contributed by atoms with Crippen LogP contribution in [0.2, 0.25) is 0 Å². The number of aromatic nitrogens is 1. The fourth-order valence-electron chi connectivity index (χ4n) is 1.97. The van der Waals surface area contributed by atoms with Crippen molar-refractivity contribution in [3.8, 4) is 23.1 Å². The van der Waals surface area contributed by atoms with Gasteiger partial charge in [-0.15, -0.1) is 0 Å². The van der Waals surface area contributed by atoms with Crippen molar-refractivity contribution >= 4 is 5.97 Å². The molecule has 0 bridgehead atoms. The van der Waals surface area contributed by atoms with Gasteiger partial charge in [0.1, 0.15) is 11.4 Å². The van der Waals surface area contributed by atoms with Crippen LogP contribution >= 0.6 is 0 Å². The summed E-state index contributed by atoms with van der Waals surface area (Å²) in [4.78, 5) is 15.2. The third-order valence-electron chi connectivity index (χ3n) is 2.95. The van der Waals surface area contributed by atoms with Crippen molar-refractivity contribution in [3.63, 3.8) is 0 Å². The van der Waals surface area contributed by atoms with E-state index in [9.17, 15) is 4.79 Å². The topological polar surface area (TPSA) is 72.6 Å². The first-order valence-corrected chi connectivity index (χ1v) is 6.72. The minimum Gasteiger partial charge on any atom is -0.481 e. The summed E-state index contributed by atoms with van der Waals surface area (Å²) >= 11 is 0. The molecule has 1 aromatic heterocycles. The number of carboxylic acids is 1. The normalized spacial score (nSPS) is 10.4. The van der Waals surface area contributed by atoms with E-state index in [-0.39, 0.29) is 18.1 Å². The van der Waals surface area contributed by atoms with Crippen molar-refractivity contribution in [2.24, 2.45) is 0 Å². The number of carboxylic acid groups (broad SMARTS) is 1. The second-order valence-electron chi connectivity index (χ2n) is 4.60. The lowest BCUT2D eigenvalue weighted by atomic mass is 10.2. The molecule has 3 aromatic rings. The molecule has 0 unspecified atom stereocenters. The average molecular weight is 295 g/mol. The van der Waals surface area contributed by atoms with Gasteiger partial charge >= 0.3 is 11.9 Å². The molecule has 0 fully saturated rings. The molecule has 0 aliphatic rings. The summed E-state index contributed by atoms with van der Waals surface area (Å²) in [6.07, 6.45) is -0.265. The second kappa shape index (κ2) is 6.13. The van der Waals surface area contributed by atoms with Gasteiger partial charge in [0.25, 0.3) is 0 Å². The van der Waals surface area contributed by atoms with Crippen LogP contribution in [0.3, 0.4) is 0 Å². The number of hydrogen-bond acceptors (Lipinski definition) is 4. The molecule has 0 aliphatic carbocycles. The van der Waals surface area contributed by atoms with E-state index in [1.165, 1.54) is 0 Å². The van der Waals surface area contributed by atoms with Gasteiger partial charge < -0.3 is 14.3 Å². The number of para-hydroxylation sites is 1. The maximum Gasteiger partial charge on any atom is 0.315 e. The maximum absolute atomic E-state index is 11.0. The average Bonchev–Trinajstić information content (AvgIpc) is 2.91. The SMILES string of the molecule is O=C(O)Cc1nc(-c2ccccc2)oc1Oc1ccccc1. The Morgan fingerprint density at radius 2 is 1.68 bits per heavy atom. The molecule has 3 rings (SSSR count). The molecule has 1 N–H and O–H groups in total. The first-order valence-electron chi connectivity index (χ1n) is 6.72. The van der Waals surface area contributed by atoms with Crippen LogP contribution in [0.25, 0.3) is 11.5 Å². The van der Waals surface area contributed by atoms with Crippen molar-refractivity contribution < 1.29 is 19.1 Å². The van der Waals surface area contributed by atoms with Gasteiger partial charge in [-0.2, -0.15) is 0 Å². The monoisotopic (exact) mass is 295 g/mol. The van der Waals surface area contributed by atoms with Gasteiger partial charge in [0.05, 0.1) is 6.42 Å². The minimum atomic E-state index is -0.995. The lowest BCUT2D eigenvalue weighted by Crippen LogP contribution is -2.01. The third kappa shape index (κ3) is 3.15. The maximum atomic E-state index is 11.0. The Morgan fingerprint density at radius 1 is 1.05 bits per heavy atom. The van der Waals surface area contributed by atoms with E-state index in [1.807, 2.05) is 48.5 Å². The highest BCUT2D eigenvalue weighted by atomic mass is 16.6. The predicted molar refractivity (Wildman–Crippen MR) is 79.8 cm³/mol. The number of hydrogen-bond donors (Lipinski definition) is 1. The van der Waals surface area contributed by atoms with Gasteiger partial charge in [0.15, 0.2) is 0 Å². The van der Waals surface area contributed by atoms with Crippen molar-refractivity contribution in [2.75, 3.05) is 0 Å². The molecular formula is C17H13NO4. The predicted octanol–water partition coefficient (Wildman–Crippen LogP) is 3.76. The number of nitrogens with zero attached hydrogens (tertiary/aromatic N) is 1. The molecule has 0 radical (unpaired) electrons. The molecule has 5 nitrogen and oxygen atoms in total. The molecule has 0 saturated heterocycles. The number of benzene rings is 2. The van der Waals surface area contributed by atoms with Crippen LogP contribution in [0.15, 0.2) is 65.1 Å². The lowest BCUT2D eigenvalue weighted by molar-refractivity contribution is -0.136. The molecule has 0 atom stereocenters. The van der Waals surface area contributed by atoms with E-state index in [0.717, 1.165) is 5.56 Å². The summed E-state index contributed by atoms with van der Waals surface area (Å²) < 4.78 is 11.2. The smallest absolute Gasteiger partial charge is 0.315 e. The molecule has 0 amide bonds. The van der Waals surface area contributed by atoms with Crippen molar-refractivity contribution in [2.45, 2.75) is 6.42 Å². The summed E-state index contributed by atoms with van der Waals surface area (Å²) in [5, 5.41) is 9.00. The van der Waals surface area contributed by atoms with E-state index >= 15 is 0 Å². The molecule has 0 saturated carbocycles. The molecule has 0 aliphatic heterocycles. The van der Waals surface area contributed by atoms with Gasteiger partial charge in [-0.05, 0) is 24.3 Å². The second-order valence-corrected chi connectivity index (χ2v) is 4.60. The standard InChI is InChI=1S/C17H13NO4/c19-15(20)11-14-17(21-13-9-5-2-6-10-13)22-16(18-14)12-7-3-1-4-8-12/h1-10H,11H2,(H,19,20). The number of ether oxygens (including phenoxy) is 1. The fraction of sp³-hybridized carbons (Fsp3) is 0.0588. The Bertz CT molecular complexity index is 766. The highest BCUT2D eigenvalue weighted by molar-refractivity contribution is 5.70. The highest BCUT2D eigenvalue weighted by Gasteiger charge is 2.19. The van der Waals surface area contributed by atoms with Crippen molar-refractivity contribution in [1.82, 2.24) is 4.98 Å². The summed E-state index contributed by atoms with van der Waals surface area (Å²) in [7, 11) is 0. The third-order valence-corrected chi connectivity index (χ3v) is 2.95. The number of oxazole rings is 1. The first-order chi connectivity index (χ1) is 10.7. The van der Waals surface area contributed by atoms with E-state index < -0.39 is 5.97 Å². The highest BCUT2D eigenvalue weighted by Crippen LogP contribution is 2.31. The minimum absolute atomic E-state index is 0.104. The molecule has 0 spiro atoms. The molecule has 22 heavy (non-hydrogen) atoms. The zero-order valence-corrected chi connectivity index (χ0v) is 11.6. The zero-order chi connectivity index (χ0) is 15.4. The number of rotatable bonds is 5. The first kappa shape index (κ1) is 13.9. The fourth-order valence-corrected chi connectivity index (χ4v) is 1.97. The van der Waals surface area contributed by atoms with E-state index in [2.05, 4.69) is 4.98 Å². The quantitative estimate of drug-likeness (QED) is 0.775. The summed E-state index contributed by atoms with van der Waals surface area (Å²) in [6, 6.07) is 18.3. The molecular weight excluding hydrogens is 282 g/mol. The Morgan fingerprint density at radius 3 is 2.32 bits per heavy atom. The van der Waals surface area contributed by atoms with Gasteiger partial charge in [-0.25, -0.2) is 4.98 Å². The summed E-state index contributed by atoms with van der Waals surface area (Å²) in [5.41, 5.74) is 1.02. The molecule has 5 heteroatoms. The van der Waals surface area contributed by atoms with Crippen molar-refractivity contribution in [1.29, 1.82) is 0 Å². The van der Waals surface area contributed by atoms with Crippen molar-refractivity contribution in [3.05, 3.63) is 66.4 Å². The van der Waals surface area contributed by atoms with E-state index in [1.54, 1.807) is 12.1 Å². The van der Waals surface area contributed by atoms with Gasteiger partial charge in [-0.1, -0.05) is 36.4 Å². The molecule has 1 heterocycles. The summed E-state index contributed by atoms with van der Waals surface area (Å²) in [5.74, 6) is 0.00552. The Labute approximate surface area is 126 Å². The summed E-state index contributed by atoms with van der Waals surface area (Å²) in [6.45, 7) is 0. The largest absolute Gasteiger partial charge is 0.481 e. The molecule has 2 aromatic carbocycles. The lowest BCUT2D eigenvalue weighted by Gasteiger charge is -2.02. The Kier molecular flexibility index (Phi) is 3.87. The van der Waals surface area contributed by atoms with Gasteiger partial charge in [-0.3, -0.25) is 4.79 Å². The number of carbonyl (C=O) groups is 1. The van der Waals surface area contributed by atoms with Crippen LogP contribution in [0.1, 0.15) is 5.69 Å². The van der Waals surface area contributed by atoms with Crippen LogP contribution in [-0.2, 0) is 11.2 Å². The van der Waals surface area contributed by atoms with Gasteiger partial charge in [0, 0.05) is 5.56 Å². The van der Waals surface area contributed by atoms with E-state index in [0.29, 0.717) is 11.6 Å². The number of aliphatic carboxylic acids is 1.